The van der Waals surface area contributed by atoms with E-state index in [1.54, 1.807) is 92.8 Å². The molecule has 3 amide bonds. The number of anilines is 5. The lowest BCUT2D eigenvalue weighted by molar-refractivity contribution is -0.116. The van der Waals surface area contributed by atoms with Crippen LogP contribution in [0.5, 0.6) is 0 Å². The van der Waals surface area contributed by atoms with E-state index in [1.165, 1.54) is 0 Å². The van der Waals surface area contributed by atoms with Gasteiger partial charge in [-0.3, -0.25) is 42.2 Å². The zero-order valence-electron chi connectivity index (χ0n) is 58.8. The number of hydrogen-bond acceptors (Lipinski definition) is 20. The fourth-order valence-corrected chi connectivity index (χ4v) is 10.9. The molecule has 13 heterocycles. The first-order valence-corrected chi connectivity index (χ1v) is 33.0. The van der Waals surface area contributed by atoms with Crippen LogP contribution in [-0.2, 0) is 71.0 Å². The first-order chi connectivity index (χ1) is 49.3. The summed E-state index contributed by atoms with van der Waals surface area (Å²) in [6, 6.07) is 30.4. The molecule has 522 valence electrons. The van der Waals surface area contributed by atoms with Gasteiger partial charge in [-0.05, 0) is 28.8 Å². The van der Waals surface area contributed by atoms with Crippen LogP contribution in [0.1, 0.15) is 96.3 Å². The number of nitrogens with zero attached hydrogens (tertiary/aromatic N) is 19. The smallest absolute Gasteiger partial charge is 0.230 e. The van der Waals surface area contributed by atoms with Gasteiger partial charge in [-0.15, -0.1) is 0 Å². The average molecular weight is 1380 g/mol. The molecule has 29 nitrogen and oxygen atoms in total. The lowest BCUT2D eigenvalue weighted by Gasteiger charge is -2.12. The summed E-state index contributed by atoms with van der Waals surface area (Å²) >= 11 is 0. The molecule has 0 atom stereocenters. The molecule has 0 aliphatic heterocycles. The number of imidazole rings is 3. The molecule has 103 heavy (non-hydrogen) atoms. The third-order valence-electron chi connectivity index (χ3n) is 16.4. The molecular formula is C74H75N23O6. The fraction of sp³-hybridized carbons (Fsp3) is 0.243. The Balaban J connectivity index is 0.000000138. The molecule has 0 radical (unpaired) electrons. The minimum absolute atomic E-state index is 0.150. The minimum Gasteiger partial charge on any atom is -0.359 e. The van der Waals surface area contributed by atoms with Gasteiger partial charge in [0.05, 0.1) is 108 Å². The van der Waals surface area contributed by atoms with E-state index < -0.39 is 0 Å². The first kappa shape index (κ1) is 68.4. The summed E-state index contributed by atoms with van der Waals surface area (Å²) in [4.78, 5) is 64.6. The van der Waals surface area contributed by atoms with Crippen LogP contribution in [0, 0.1) is 0 Å². The van der Waals surface area contributed by atoms with Crippen LogP contribution in [0.15, 0.2) is 191 Å². The van der Waals surface area contributed by atoms with Crippen molar-refractivity contribution in [1.29, 1.82) is 0 Å². The standard InChI is InChI=1S/C25H26N8O2.C25H25N7O2.C24H24N8O2/c1-25(2,3)21-12-22(31-35-21)30-23(34)11-16-5-7-17(8-6-16)20-14-26-24-19(9-10-27-33(20)24)29-18-13-28-32(4)15-18;1-25(2,3)21-11-22(30-34-21)29-24(33)9-16-5-7-17(8-6-16)20-13-26-23-10-19(27-15-32(20)23)18-12-28-31(4)14-18;1-24(2,3)20-9-21(30-34-20)29-23(33)7-15-5-6-17(25-10-15)19-12-26-22-8-18(27-14-32(19)22)16-11-28-31(4)13-16/h5-10,12-15,29H,11H2,1-4H3,(H,30,31,34);5-8,10-15H,9H2,1-4H3,(H,29,30,33);5-6,8-14H,7H2,1-4H3,(H,29,30,33). The number of nitrogens with one attached hydrogen (secondary N) is 4. The summed E-state index contributed by atoms with van der Waals surface area (Å²) in [6.45, 7) is 18.2. The summed E-state index contributed by atoms with van der Waals surface area (Å²) in [5.74, 6) is 2.91. The maximum absolute atomic E-state index is 12.5. The van der Waals surface area contributed by atoms with Crippen molar-refractivity contribution in [1.82, 2.24) is 93.1 Å². The maximum Gasteiger partial charge on any atom is 0.230 e. The van der Waals surface area contributed by atoms with Crippen molar-refractivity contribution in [3.05, 3.63) is 212 Å². The second-order valence-corrected chi connectivity index (χ2v) is 27.8. The molecule has 0 saturated heterocycles. The van der Waals surface area contributed by atoms with Crippen molar-refractivity contribution in [2.45, 2.75) is 97.8 Å². The summed E-state index contributed by atoms with van der Waals surface area (Å²) in [5.41, 5.74) is 14.7. The number of aryl methyl sites for hydroxylation is 3. The monoisotopic (exact) mass is 1380 g/mol. The van der Waals surface area contributed by atoms with Crippen LogP contribution >= 0.6 is 0 Å². The molecule has 0 bridgehead atoms. The minimum atomic E-state index is -0.190. The van der Waals surface area contributed by atoms with Gasteiger partial charge in [0.25, 0.3) is 0 Å². The summed E-state index contributed by atoms with van der Waals surface area (Å²) in [7, 11) is 5.61. The van der Waals surface area contributed by atoms with Crippen LogP contribution in [0.4, 0.5) is 28.8 Å². The molecule has 4 N–H and O–H groups in total. The molecule has 29 heteroatoms. The predicted molar refractivity (Wildman–Crippen MR) is 387 cm³/mol. The van der Waals surface area contributed by atoms with Crippen molar-refractivity contribution >= 4 is 63.5 Å². The van der Waals surface area contributed by atoms with Gasteiger partial charge in [0.2, 0.25) is 17.7 Å². The van der Waals surface area contributed by atoms with Gasteiger partial charge in [-0.25, -0.2) is 29.4 Å². The van der Waals surface area contributed by atoms with Crippen molar-refractivity contribution in [3.8, 4) is 56.4 Å². The largest absolute Gasteiger partial charge is 0.359 e. The van der Waals surface area contributed by atoms with E-state index in [1.807, 2.05) is 196 Å². The number of pyridine rings is 1. The molecule has 0 spiro atoms. The zero-order chi connectivity index (χ0) is 72.3. The summed E-state index contributed by atoms with van der Waals surface area (Å²) < 4.78 is 26.8. The Labute approximate surface area is 590 Å². The van der Waals surface area contributed by atoms with Crippen LogP contribution in [-0.4, -0.2) is 111 Å². The highest BCUT2D eigenvalue weighted by Crippen LogP contribution is 2.31. The number of carbonyl (C=O) groups excluding carboxylic acids is 3. The van der Waals surface area contributed by atoms with E-state index >= 15 is 0 Å². The highest BCUT2D eigenvalue weighted by molar-refractivity contribution is 5.93. The van der Waals surface area contributed by atoms with Gasteiger partial charge in [-0.2, -0.15) is 20.4 Å². The quantitative estimate of drug-likeness (QED) is 0.0698. The molecule has 2 aromatic carbocycles. The third-order valence-corrected chi connectivity index (χ3v) is 16.4. The number of carbonyl (C=O) groups is 3. The highest BCUT2D eigenvalue weighted by atomic mass is 16.5. The average Bonchev–Trinajstić information content (AvgIpc) is 1.20. The lowest BCUT2D eigenvalue weighted by atomic mass is 9.93. The number of fused-ring (bicyclic) bond motifs is 3. The Morgan fingerprint density at radius 3 is 1.28 bits per heavy atom. The molecule has 15 aromatic rings. The number of benzene rings is 2. The van der Waals surface area contributed by atoms with Crippen LogP contribution in [0.2, 0.25) is 0 Å². The van der Waals surface area contributed by atoms with Crippen molar-refractivity contribution < 1.29 is 28.0 Å². The van der Waals surface area contributed by atoms with E-state index in [0.29, 0.717) is 28.9 Å². The Kier molecular flexibility index (Phi) is 18.8. The summed E-state index contributed by atoms with van der Waals surface area (Å²) in [5, 5.41) is 40.6. The van der Waals surface area contributed by atoms with Gasteiger partial charge < -0.3 is 34.8 Å². The van der Waals surface area contributed by atoms with E-state index in [-0.39, 0.29) is 53.2 Å². The van der Waals surface area contributed by atoms with E-state index in [0.717, 1.165) is 107 Å². The Morgan fingerprint density at radius 1 is 0.408 bits per heavy atom. The summed E-state index contributed by atoms with van der Waals surface area (Å²) in [6.07, 6.45) is 23.9. The Morgan fingerprint density at radius 2 is 0.845 bits per heavy atom. The second-order valence-electron chi connectivity index (χ2n) is 27.8. The van der Waals surface area contributed by atoms with Gasteiger partial charge in [0.15, 0.2) is 23.1 Å². The van der Waals surface area contributed by atoms with Gasteiger partial charge in [-0.1, -0.05) is 132 Å². The first-order valence-electron chi connectivity index (χ1n) is 33.0. The van der Waals surface area contributed by atoms with E-state index in [2.05, 4.69) is 87.0 Å². The highest BCUT2D eigenvalue weighted by Gasteiger charge is 2.24. The van der Waals surface area contributed by atoms with Gasteiger partial charge >= 0.3 is 0 Å². The van der Waals surface area contributed by atoms with Crippen LogP contribution in [0.25, 0.3) is 73.4 Å². The maximum atomic E-state index is 12.5. The van der Waals surface area contributed by atoms with Gasteiger partial charge in [0.1, 0.15) is 41.2 Å². The van der Waals surface area contributed by atoms with Crippen molar-refractivity contribution in [2.24, 2.45) is 21.1 Å². The molecule has 0 saturated carbocycles. The topological polar surface area (TPSA) is 334 Å². The van der Waals surface area contributed by atoms with E-state index in [9.17, 15) is 14.4 Å². The molecule has 0 aliphatic rings. The molecule has 15 rings (SSSR count). The SMILES string of the molecule is Cn1cc(-c2cc3ncc(-c4ccc(CC(=O)Nc5cc(C(C)(C)C)on5)cc4)n3cn2)cn1.Cn1cc(-c2cc3ncc(-c4ccc(CC(=O)Nc5cc(C(C)(C)C)on5)cn4)n3cn2)cn1.Cn1cc(Nc2ccnn3c(-c4ccc(CC(=O)Nc5cc(C(C)(C)C)on5)cc4)cnc23)cn1. The zero-order valence-corrected chi connectivity index (χ0v) is 58.8. The number of amides is 3. The number of rotatable bonds is 16. The normalized spacial score (nSPS) is 11.7. The molecular weight excluding hydrogens is 1310 g/mol. The van der Waals surface area contributed by atoms with E-state index in [4.69, 9.17) is 13.6 Å². The molecule has 0 fully saturated rings. The van der Waals surface area contributed by atoms with Crippen molar-refractivity contribution in [3.63, 3.8) is 0 Å². The lowest BCUT2D eigenvalue weighted by Crippen LogP contribution is -2.15. The van der Waals surface area contributed by atoms with Crippen LogP contribution in [0.3, 0.4) is 0 Å². The molecule has 13 aromatic heterocycles. The van der Waals surface area contributed by atoms with Gasteiger partial charge in [0, 0.05) is 115 Å². The number of aromatic nitrogens is 19. The predicted octanol–water partition coefficient (Wildman–Crippen LogP) is 12.3. The third kappa shape index (κ3) is 16.2. The van der Waals surface area contributed by atoms with Crippen LogP contribution < -0.4 is 21.3 Å². The molecule has 0 unspecified atom stereocenters. The Hall–Kier alpha value is -13.1. The number of hydrogen-bond donors (Lipinski definition) is 4. The van der Waals surface area contributed by atoms with Crippen molar-refractivity contribution in [2.75, 3.05) is 21.3 Å². The fourth-order valence-electron chi connectivity index (χ4n) is 10.9. The molecule has 0 aliphatic carbocycles. The Bertz CT molecular complexity index is 5280. The second kappa shape index (κ2) is 28.3.